The molecule has 72 valence electrons. The van der Waals surface area contributed by atoms with Gasteiger partial charge in [0.15, 0.2) is 0 Å². The first kappa shape index (κ1) is 10.2. The molecule has 2 heteroatoms. The molecule has 0 aliphatic carbocycles. The number of benzene rings is 1. The van der Waals surface area contributed by atoms with Crippen LogP contribution < -0.4 is 5.32 Å². The summed E-state index contributed by atoms with van der Waals surface area (Å²) in [6, 6.07) is 10.3. The zero-order valence-electron chi connectivity index (χ0n) is 8.29. The summed E-state index contributed by atoms with van der Waals surface area (Å²) < 4.78 is 5.61. The van der Waals surface area contributed by atoms with Crippen molar-refractivity contribution in [3.05, 3.63) is 35.9 Å². The molecule has 1 atom stereocenters. The van der Waals surface area contributed by atoms with Gasteiger partial charge in [0.05, 0.1) is 6.10 Å². The topological polar surface area (TPSA) is 21.3 Å². The van der Waals surface area contributed by atoms with E-state index in [0.717, 1.165) is 13.2 Å². The van der Waals surface area contributed by atoms with Gasteiger partial charge in [-0.2, -0.15) is 0 Å². The van der Waals surface area contributed by atoms with E-state index in [0.29, 0.717) is 0 Å². The number of hydrogen-bond acceptors (Lipinski definition) is 2. The fourth-order valence-corrected chi connectivity index (χ4v) is 1.33. The first-order valence-electron chi connectivity index (χ1n) is 4.69. The Kier molecular flexibility index (Phi) is 4.50. The standard InChI is InChI=1S/C11H17NO/c1-3-13-11(9-12-2)10-7-5-4-6-8-10/h4-8,11-12H,3,9H2,1-2H3. The summed E-state index contributed by atoms with van der Waals surface area (Å²) in [6.07, 6.45) is 0.177. The molecule has 0 saturated heterocycles. The molecule has 0 bridgehead atoms. The first-order chi connectivity index (χ1) is 6.38. The van der Waals surface area contributed by atoms with Crippen molar-refractivity contribution in [2.24, 2.45) is 0 Å². The Morgan fingerprint density at radius 2 is 2.00 bits per heavy atom. The second-order valence-electron chi connectivity index (χ2n) is 2.91. The maximum Gasteiger partial charge on any atom is 0.0948 e. The Morgan fingerprint density at radius 3 is 2.54 bits per heavy atom. The molecule has 1 aromatic carbocycles. The average molecular weight is 179 g/mol. The molecule has 1 aromatic rings. The van der Waals surface area contributed by atoms with Crippen molar-refractivity contribution in [3.63, 3.8) is 0 Å². The van der Waals surface area contributed by atoms with Gasteiger partial charge in [-0.05, 0) is 19.5 Å². The van der Waals surface area contributed by atoms with Crippen molar-refractivity contribution in [2.75, 3.05) is 20.2 Å². The van der Waals surface area contributed by atoms with Crippen LogP contribution in [0, 0.1) is 0 Å². The maximum atomic E-state index is 5.61. The summed E-state index contributed by atoms with van der Waals surface area (Å²) in [7, 11) is 1.94. The molecule has 1 N–H and O–H groups in total. The lowest BCUT2D eigenvalue weighted by molar-refractivity contribution is 0.0638. The Balaban J connectivity index is 2.64. The summed E-state index contributed by atoms with van der Waals surface area (Å²) in [4.78, 5) is 0. The molecule has 13 heavy (non-hydrogen) atoms. The lowest BCUT2D eigenvalue weighted by Crippen LogP contribution is -2.19. The van der Waals surface area contributed by atoms with Crippen LogP contribution in [0.15, 0.2) is 30.3 Å². The number of nitrogens with one attached hydrogen (secondary N) is 1. The zero-order valence-corrected chi connectivity index (χ0v) is 8.29. The Bertz CT molecular complexity index is 217. The average Bonchev–Trinajstić information content (AvgIpc) is 2.19. The van der Waals surface area contributed by atoms with E-state index >= 15 is 0 Å². The minimum Gasteiger partial charge on any atom is -0.372 e. The number of likely N-dealkylation sites (N-methyl/N-ethyl adjacent to an activating group) is 1. The molecule has 0 fully saturated rings. The highest BCUT2D eigenvalue weighted by atomic mass is 16.5. The van der Waals surface area contributed by atoms with Crippen LogP contribution in [0.4, 0.5) is 0 Å². The smallest absolute Gasteiger partial charge is 0.0948 e. The van der Waals surface area contributed by atoms with Gasteiger partial charge in [-0.15, -0.1) is 0 Å². The molecule has 0 amide bonds. The fourth-order valence-electron chi connectivity index (χ4n) is 1.33. The van der Waals surface area contributed by atoms with Crippen molar-refractivity contribution >= 4 is 0 Å². The quantitative estimate of drug-likeness (QED) is 0.746. The van der Waals surface area contributed by atoms with Gasteiger partial charge in [-0.25, -0.2) is 0 Å². The third-order valence-electron chi connectivity index (χ3n) is 1.93. The SMILES string of the molecule is CCOC(CNC)c1ccccc1. The van der Waals surface area contributed by atoms with Gasteiger partial charge in [0.1, 0.15) is 0 Å². The zero-order chi connectivity index (χ0) is 9.52. The van der Waals surface area contributed by atoms with Crippen LogP contribution in [0.1, 0.15) is 18.6 Å². The Morgan fingerprint density at radius 1 is 1.31 bits per heavy atom. The second kappa shape index (κ2) is 5.73. The summed E-state index contributed by atoms with van der Waals surface area (Å²) in [5.74, 6) is 0. The fraction of sp³-hybridized carbons (Fsp3) is 0.455. The molecule has 0 aliphatic heterocycles. The van der Waals surface area contributed by atoms with E-state index in [9.17, 15) is 0 Å². The van der Waals surface area contributed by atoms with E-state index in [1.54, 1.807) is 0 Å². The second-order valence-corrected chi connectivity index (χ2v) is 2.91. The van der Waals surface area contributed by atoms with Crippen molar-refractivity contribution in [1.29, 1.82) is 0 Å². The molecule has 2 nitrogen and oxygen atoms in total. The molecule has 0 aromatic heterocycles. The summed E-state index contributed by atoms with van der Waals surface area (Å²) in [5.41, 5.74) is 1.23. The van der Waals surface area contributed by atoms with Crippen molar-refractivity contribution in [1.82, 2.24) is 5.32 Å². The maximum absolute atomic E-state index is 5.61. The highest BCUT2D eigenvalue weighted by Crippen LogP contribution is 2.15. The molecule has 0 heterocycles. The molecule has 0 saturated carbocycles. The summed E-state index contributed by atoms with van der Waals surface area (Å²) >= 11 is 0. The van der Waals surface area contributed by atoms with Gasteiger partial charge >= 0.3 is 0 Å². The third kappa shape index (κ3) is 3.17. The minimum atomic E-state index is 0.177. The molecule has 0 aliphatic rings. The lowest BCUT2D eigenvalue weighted by Gasteiger charge is -2.16. The van der Waals surface area contributed by atoms with E-state index in [4.69, 9.17) is 4.74 Å². The van der Waals surface area contributed by atoms with E-state index in [-0.39, 0.29) is 6.10 Å². The monoisotopic (exact) mass is 179 g/mol. The van der Waals surface area contributed by atoms with Crippen molar-refractivity contribution in [3.8, 4) is 0 Å². The first-order valence-corrected chi connectivity index (χ1v) is 4.69. The van der Waals surface area contributed by atoms with E-state index < -0.39 is 0 Å². The molecule has 1 unspecified atom stereocenters. The summed E-state index contributed by atoms with van der Waals surface area (Å²) in [5, 5.41) is 3.13. The Labute approximate surface area is 79.9 Å². The molecule has 0 spiro atoms. The lowest BCUT2D eigenvalue weighted by atomic mass is 10.1. The van der Waals surface area contributed by atoms with Crippen molar-refractivity contribution < 1.29 is 4.74 Å². The van der Waals surface area contributed by atoms with Gasteiger partial charge in [-0.1, -0.05) is 30.3 Å². The highest BCUT2D eigenvalue weighted by molar-refractivity contribution is 5.17. The third-order valence-corrected chi connectivity index (χ3v) is 1.93. The molecule has 1 rings (SSSR count). The predicted molar refractivity (Wildman–Crippen MR) is 54.7 cm³/mol. The van der Waals surface area contributed by atoms with E-state index in [1.807, 2.05) is 32.2 Å². The molecule has 0 radical (unpaired) electrons. The van der Waals surface area contributed by atoms with E-state index in [1.165, 1.54) is 5.56 Å². The molecular formula is C11H17NO. The van der Waals surface area contributed by atoms with Crippen LogP contribution in [-0.2, 0) is 4.74 Å². The van der Waals surface area contributed by atoms with Crippen LogP contribution in [0.25, 0.3) is 0 Å². The van der Waals surface area contributed by atoms with Crippen LogP contribution >= 0.6 is 0 Å². The number of rotatable bonds is 5. The number of ether oxygens (including phenoxy) is 1. The van der Waals surface area contributed by atoms with Gasteiger partial charge in [0.25, 0.3) is 0 Å². The van der Waals surface area contributed by atoms with Gasteiger partial charge in [0, 0.05) is 13.2 Å². The van der Waals surface area contributed by atoms with Crippen LogP contribution in [-0.4, -0.2) is 20.2 Å². The van der Waals surface area contributed by atoms with Crippen LogP contribution in [0.3, 0.4) is 0 Å². The van der Waals surface area contributed by atoms with Gasteiger partial charge in [-0.3, -0.25) is 0 Å². The number of hydrogen-bond donors (Lipinski definition) is 1. The van der Waals surface area contributed by atoms with E-state index in [2.05, 4.69) is 17.4 Å². The van der Waals surface area contributed by atoms with Crippen LogP contribution in [0.2, 0.25) is 0 Å². The largest absolute Gasteiger partial charge is 0.372 e. The van der Waals surface area contributed by atoms with Gasteiger partial charge < -0.3 is 10.1 Å². The van der Waals surface area contributed by atoms with Crippen molar-refractivity contribution in [2.45, 2.75) is 13.0 Å². The minimum absolute atomic E-state index is 0.177. The predicted octanol–water partition coefficient (Wildman–Crippen LogP) is 1.98. The normalized spacial score (nSPS) is 12.8. The summed E-state index contributed by atoms with van der Waals surface area (Å²) in [6.45, 7) is 3.63. The highest BCUT2D eigenvalue weighted by Gasteiger charge is 2.08. The van der Waals surface area contributed by atoms with Gasteiger partial charge in [0.2, 0.25) is 0 Å². The Hall–Kier alpha value is -0.860. The van der Waals surface area contributed by atoms with Crippen LogP contribution in [0.5, 0.6) is 0 Å². The molecular weight excluding hydrogens is 162 g/mol.